The lowest BCUT2D eigenvalue weighted by atomic mass is 10.1. The molecule has 132 valence electrons. The van der Waals surface area contributed by atoms with E-state index in [0.29, 0.717) is 22.7 Å². The van der Waals surface area contributed by atoms with Gasteiger partial charge in [0.05, 0.1) is 18.2 Å². The monoisotopic (exact) mass is 381 g/mol. The lowest BCUT2D eigenvalue weighted by Gasteiger charge is -2.14. The molecule has 0 atom stereocenters. The van der Waals surface area contributed by atoms with E-state index in [-0.39, 0.29) is 29.5 Å². The van der Waals surface area contributed by atoms with E-state index in [0.717, 1.165) is 0 Å². The normalized spacial score (nSPS) is 10.6. The van der Waals surface area contributed by atoms with E-state index in [4.69, 9.17) is 27.9 Å². The highest BCUT2D eigenvalue weighted by molar-refractivity contribution is 6.33. The Balaban J connectivity index is 2.49. The van der Waals surface area contributed by atoms with E-state index in [1.54, 1.807) is 25.1 Å². The minimum Gasteiger partial charge on any atom is -0.462 e. The first-order valence-electron chi connectivity index (χ1n) is 7.77. The summed E-state index contributed by atoms with van der Waals surface area (Å²) in [5.41, 5.74) is 0.0327. The average molecular weight is 382 g/mol. The van der Waals surface area contributed by atoms with Crippen molar-refractivity contribution in [1.29, 1.82) is 0 Å². The predicted molar refractivity (Wildman–Crippen MR) is 96.8 cm³/mol. The molecule has 0 spiro atoms. The molecule has 0 N–H and O–H groups in total. The fraction of sp³-hybridized carbons (Fsp3) is 0.278. The van der Waals surface area contributed by atoms with E-state index in [9.17, 15) is 14.4 Å². The van der Waals surface area contributed by atoms with E-state index >= 15 is 0 Å². The van der Waals surface area contributed by atoms with Crippen molar-refractivity contribution in [3.05, 3.63) is 67.6 Å². The minimum atomic E-state index is -0.802. The number of carbonyl (C=O) groups excluding carboxylic acids is 2. The number of carbonyl (C=O) groups is 2. The van der Waals surface area contributed by atoms with Crippen LogP contribution in [0.3, 0.4) is 0 Å². The van der Waals surface area contributed by atoms with Crippen LogP contribution in [0.4, 0.5) is 0 Å². The standard InChI is InChI=1S/C18H17Cl2NO4/c1-3-13-9-14(20)16(18(24)25-4-2)17(23)21(13)10-15(22)11-6-5-7-12(19)8-11/h5-9H,3-4,10H2,1-2H3. The van der Waals surface area contributed by atoms with Crippen LogP contribution in [0.2, 0.25) is 10.0 Å². The Bertz CT molecular complexity index is 874. The SMILES string of the molecule is CCOC(=O)c1c(Cl)cc(CC)n(CC(=O)c2cccc(Cl)c2)c1=O. The molecule has 0 aliphatic heterocycles. The molecule has 0 aliphatic carbocycles. The van der Waals surface area contributed by atoms with Gasteiger partial charge < -0.3 is 9.30 Å². The Kier molecular flexibility index (Phi) is 6.39. The summed E-state index contributed by atoms with van der Waals surface area (Å²) < 4.78 is 6.14. The smallest absolute Gasteiger partial charge is 0.345 e. The van der Waals surface area contributed by atoms with E-state index in [1.807, 2.05) is 6.92 Å². The number of hydrogen-bond donors (Lipinski definition) is 0. The van der Waals surface area contributed by atoms with Gasteiger partial charge in [0, 0.05) is 16.3 Å². The second-order valence-electron chi connectivity index (χ2n) is 5.26. The zero-order valence-electron chi connectivity index (χ0n) is 13.8. The molecule has 0 unspecified atom stereocenters. The van der Waals surface area contributed by atoms with Crippen molar-refractivity contribution in [3.63, 3.8) is 0 Å². The Hall–Kier alpha value is -2.11. The first kappa shape index (κ1) is 19.2. The number of pyridine rings is 1. The molecule has 0 fully saturated rings. The average Bonchev–Trinajstić information content (AvgIpc) is 2.57. The van der Waals surface area contributed by atoms with Gasteiger partial charge in [0.2, 0.25) is 0 Å². The number of Topliss-reactive ketones (excluding diaryl/α,β-unsaturated/α-hetero) is 1. The van der Waals surface area contributed by atoms with E-state index < -0.39 is 11.5 Å². The maximum atomic E-state index is 12.7. The van der Waals surface area contributed by atoms with Gasteiger partial charge in [0.25, 0.3) is 5.56 Å². The number of aromatic nitrogens is 1. The van der Waals surface area contributed by atoms with Crippen LogP contribution in [0.25, 0.3) is 0 Å². The third-order valence-electron chi connectivity index (χ3n) is 3.63. The number of aryl methyl sites for hydroxylation is 1. The molecule has 0 bridgehead atoms. The molecule has 5 nitrogen and oxygen atoms in total. The number of benzene rings is 1. The van der Waals surface area contributed by atoms with Crippen LogP contribution in [0.1, 0.15) is 40.3 Å². The highest BCUT2D eigenvalue weighted by atomic mass is 35.5. The van der Waals surface area contributed by atoms with Crippen molar-refractivity contribution < 1.29 is 14.3 Å². The molecule has 0 aliphatic rings. The summed E-state index contributed by atoms with van der Waals surface area (Å²) in [6, 6.07) is 7.98. The van der Waals surface area contributed by atoms with Crippen molar-refractivity contribution in [2.24, 2.45) is 0 Å². The number of hydrogen-bond acceptors (Lipinski definition) is 4. The van der Waals surface area contributed by atoms with Gasteiger partial charge in [0.1, 0.15) is 5.56 Å². The largest absolute Gasteiger partial charge is 0.462 e. The van der Waals surface area contributed by atoms with Gasteiger partial charge in [-0.3, -0.25) is 9.59 Å². The first-order chi connectivity index (χ1) is 11.9. The molecular formula is C18H17Cl2NO4. The van der Waals surface area contributed by atoms with Gasteiger partial charge in [-0.2, -0.15) is 0 Å². The Morgan fingerprint density at radius 3 is 2.48 bits per heavy atom. The van der Waals surface area contributed by atoms with Crippen LogP contribution < -0.4 is 5.56 Å². The second kappa shape index (κ2) is 8.32. The van der Waals surface area contributed by atoms with Crippen molar-refractivity contribution in [2.45, 2.75) is 26.8 Å². The van der Waals surface area contributed by atoms with Crippen molar-refractivity contribution in [2.75, 3.05) is 6.61 Å². The molecule has 1 aromatic carbocycles. The molecule has 1 heterocycles. The van der Waals surface area contributed by atoms with Gasteiger partial charge in [-0.1, -0.05) is 42.3 Å². The lowest BCUT2D eigenvalue weighted by Crippen LogP contribution is -2.32. The second-order valence-corrected chi connectivity index (χ2v) is 6.10. The fourth-order valence-electron chi connectivity index (χ4n) is 2.42. The number of nitrogens with zero attached hydrogens (tertiary/aromatic N) is 1. The summed E-state index contributed by atoms with van der Waals surface area (Å²) in [6.45, 7) is 3.36. The molecule has 1 aromatic heterocycles. The molecule has 7 heteroatoms. The summed E-state index contributed by atoms with van der Waals surface area (Å²) in [5, 5.41) is 0.448. The Morgan fingerprint density at radius 1 is 1.16 bits per heavy atom. The van der Waals surface area contributed by atoms with Crippen LogP contribution in [0, 0.1) is 0 Å². The molecule has 0 saturated carbocycles. The quantitative estimate of drug-likeness (QED) is 0.564. The number of halogens is 2. The fourth-order valence-corrected chi connectivity index (χ4v) is 2.89. The molecule has 0 radical (unpaired) electrons. The Labute approximate surface area is 155 Å². The van der Waals surface area contributed by atoms with Crippen LogP contribution in [-0.4, -0.2) is 22.9 Å². The van der Waals surface area contributed by atoms with Gasteiger partial charge in [-0.25, -0.2) is 4.79 Å². The van der Waals surface area contributed by atoms with Gasteiger partial charge in [0.15, 0.2) is 5.78 Å². The van der Waals surface area contributed by atoms with Gasteiger partial charge in [-0.05, 0) is 31.5 Å². The highest BCUT2D eigenvalue weighted by Gasteiger charge is 2.22. The van der Waals surface area contributed by atoms with E-state index in [1.165, 1.54) is 16.7 Å². The number of rotatable bonds is 6. The highest BCUT2D eigenvalue weighted by Crippen LogP contribution is 2.17. The van der Waals surface area contributed by atoms with E-state index in [2.05, 4.69) is 0 Å². The maximum absolute atomic E-state index is 12.7. The van der Waals surface area contributed by atoms with Crippen molar-refractivity contribution in [1.82, 2.24) is 4.57 Å². The maximum Gasteiger partial charge on any atom is 0.345 e. The zero-order chi connectivity index (χ0) is 18.6. The third kappa shape index (κ3) is 4.30. The van der Waals surface area contributed by atoms with Crippen LogP contribution >= 0.6 is 23.2 Å². The van der Waals surface area contributed by atoms with Gasteiger partial charge in [-0.15, -0.1) is 0 Å². The summed E-state index contributed by atoms with van der Waals surface area (Å²) in [5.74, 6) is -1.10. The molecule has 0 saturated heterocycles. The lowest BCUT2D eigenvalue weighted by molar-refractivity contribution is 0.0523. The summed E-state index contributed by atoms with van der Waals surface area (Å²) in [4.78, 5) is 37.2. The zero-order valence-corrected chi connectivity index (χ0v) is 15.4. The van der Waals surface area contributed by atoms with Crippen LogP contribution in [0.5, 0.6) is 0 Å². The summed E-state index contributed by atoms with van der Waals surface area (Å²) in [6.07, 6.45) is 0.473. The molecule has 0 amide bonds. The van der Waals surface area contributed by atoms with Crippen LogP contribution in [-0.2, 0) is 17.7 Å². The molecule has 25 heavy (non-hydrogen) atoms. The summed E-state index contributed by atoms with van der Waals surface area (Å²) >= 11 is 12.0. The molecular weight excluding hydrogens is 365 g/mol. The Morgan fingerprint density at radius 2 is 1.88 bits per heavy atom. The van der Waals surface area contributed by atoms with Crippen molar-refractivity contribution >= 4 is 35.0 Å². The predicted octanol–water partition coefficient (Wildman–Crippen LogP) is 3.78. The third-order valence-corrected chi connectivity index (χ3v) is 4.16. The topological polar surface area (TPSA) is 65.4 Å². The molecule has 2 rings (SSSR count). The molecule has 2 aromatic rings. The number of esters is 1. The van der Waals surface area contributed by atoms with Gasteiger partial charge >= 0.3 is 5.97 Å². The van der Waals surface area contributed by atoms with Crippen LogP contribution in [0.15, 0.2) is 35.1 Å². The minimum absolute atomic E-state index is 0.0201. The van der Waals surface area contributed by atoms with Crippen molar-refractivity contribution in [3.8, 4) is 0 Å². The first-order valence-corrected chi connectivity index (χ1v) is 8.52. The number of ketones is 1. The summed E-state index contributed by atoms with van der Waals surface area (Å²) in [7, 11) is 0. The number of ether oxygens (including phenoxy) is 1.